The molecule has 0 saturated carbocycles. The number of aliphatic hydroxyl groups is 1. The summed E-state index contributed by atoms with van der Waals surface area (Å²) in [5, 5.41) is 18.6. The van der Waals surface area contributed by atoms with Crippen LogP contribution in [0, 0.1) is 0 Å². The molecule has 2 N–H and O–H groups in total. The molecule has 0 aromatic heterocycles. The standard InChI is InChI=1S/C11H12O2/c12-7-8-3-1-5-10-9(8)4-2-6-11(10)13/h2-4,6,12-13H,1,5,7H2. The Morgan fingerprint density at radius 3 is 2.92 bits per heavy atom. The second kappa shape index (κ2) is 3.23. The van der Waals surface area contributed by atoms with Gasteiger partial charge in [0.1, 0.15) is 5.75 Å². The molecule has 0 atom stereocenters. The molecule has 0 saturated heterocycles. The first-order valence-corrected chi connectivity index (χ1v) is 4.44. The van der Waals surface area contributed by atoms with Gasteiger partial charge in [-0.1, -0.05) is 18.2 Å². The van der Waals surface area contributed by atoms with Crippen LogP contribution in [-0.4, -0.2) is 16.8 Å². The quantitative estimate of drug-likeness (QED) is 0.684. The summed E-state index contributed by atoms with van der Waals surface area (Å²) in [5.74, 6) is 0.344. The predicted molar refractivity (Wildman–Crippen MR) is 51.5 cm³/mol. The van der Waals surface area contributed by atoms with Crippen molar-refractivity contribution in [2.45, 2.75) is 12.8 Å². The molecule has 0 spiro atoms. The van der Waals surface area contributed by atoms with Crippen molar-refractivity contribution in [2.75, 3.05) is 6.61 Å². The fourth-order valence-corrected chi connectivity index (χ4v) is 1.79. The Bertz CT molecular complexity index is 353. The second-order valence-electron chi connectivity index (χ2n) is 3.23. The Morgan fingerprint density at radius 2 is 2.15 bits per heavy atom. The van der Waals surface area contributed by atoms with E-state index in [4.69, 9.17) is 5.11 Å². The van der Waals surface area contributed by atoms with Crippen LogP contribution >= 0.6 is 0 Å². The summed E-state index contributed by atoms with van der Waals surface area (Å²) in [5.41, 5.74) is 2.89. The lowest BCUT2D eigenvalue weighted by Gasteiger charge is -2.16. The number of phenolic OH excluding ortho intramolecular Hbond substituents is 1. The molecule has 0 amide bonds. The highest BCUT2D eigenvalue weighted by Crippen LogP contribution is 2.31. The lowest BCUT2D eigenvalue weighted by atomic mass is 9.90. The van der Waals surface area contributed by atoms with E-state index in [9.17, 15) is 5.11 Å². The Hall–Kier alpha value is -1.28. The van der Waals surface area contributed by atoms with Gasteiger partial charge in [0.05, 0.1) is 6.61 Å². The van der Waals surface area contributed by atoms with Gasteiger partial charge >= 0.3 is 0 Å². The van der Waals surface area contributed by atoms with Crippen LogP contribution in [0.15, 0.2) is 24.3 Å². The van der Waals surface area contributed by atoms with E-state index in [1.807, 2.05) is 18.2 Å². The summed E-state index contributed by atoms with van der Waals surface area (Å²) < 4.78 is 0. The summed E-state index contributed by atoms with van der Waals surface area (Å²) in [4.78, 5) is 0. The van der Waals surface area contributed by atoms with Crippen molar-refractivity contribution in [2.24, 2.45) is 0 Å². The van der Waals surface area contributed by atoms with Gasteiger partial charge in [-0.15, -0.1) is 0 Å². The van der Waals surface area contributed by atoms with Gasteiger partial charge in [-0.05, 0) is 30.0 Å². The van der Waals surface area contributed by atoms with Crippen molar-refractivity contribution in [1.82, 2.24) is 0 Å². The van der Waals surface area contributed by atoms with Gasteiger partial charge in [-0.2, -0.15) is 0 Å². The Kier molecular flexibility index (Phi) is 2.07. The third-order valence-electron chi connectivity index (χ3n) is 2.45. The van der Waals surface area contributed by atoms with E-state index in [0.29, 0.717) is 5.75 Å². The normalized spacial score (nSPS) is 15.0. The van der Waals surface area contributed by atoms with Crippen LogP contribution in [0.25, 0.3) is 5.57 Å². The fraction of sp³-hybridized carbons (Fsp3) is 0.273. The lowest BCUT2D eigenvalue weighted by Crippen LogP contribution is -2.02. The van der Waals surface area contributed by atoms with Crippen LogP contribution in [-0.2, 0) is 6.42 Å². The van der Waals surface area contributed by atoms with E-state index in [0.717, 1.165) is 29.5 Å². The van der Waals surface area contributed by atoms with E-state index in [1.54, 1.807) is 6.07 Å². The van der Waals surface area contributed by atoms with Gasteiger partial charge in [0.15, 0.2) is 0 Å². The Morgan fingerprint density at radius 1 is 1.31 bits per heavy atom. The number of hydrogen-bond acceptors (Lipinski definition) is 2. The molecular weight excluding hydrogens is 164 g/mol. The topological polar surface area (TPSA) is 40.5 Å². The zero-order valence-electron chi connectivity index (χ0n) is 7.33. The van der Waals surface area contributed by atoms with Gasteiger partial charge in [0, 0.05) is 5.56 Å². The molecule has 68 valence electrons. The van der Waals surface area contributed by atoms with Crippen LogP contribution in [0.3, 0.4) is 0 Å². The van der Waals surface area contributed by atoms with E-state index in [-0.39, 0.29) is 6.61 Å². The van der Waals surface area contributed by atoms with Crippen molar-refractivity contribution in [3.63, 3.8) is 0 Å². The highest BCUT2D eigenvalue weighted by molar-refractivity contribution is 5.72. The molecule has 1 aromatic carbocycles. The van der Waals surface area contributed by atoms with Crippen LogP contribution in [0.1, 0.15) is 17.5 Å². The molecule has 0 bridgehead atoms. The van der Waals surface area contributed by atoms with Crippen molar-refractivity contribution < 1.29 is 10.2 Å². The van der Waals surface area contributed by atoms with E-state index in [2.05, 4.69) is 0 Å². The molecule has 2 nitrogen and oxygen atoms in total. The first kappa shape index (κ1) is 8.32. The smallest absolute Gasteiger partial charge is 0.119 e. The lowest BCUT2D eigenvalue weighted by molar-refractivity contribution is 0.349. The summed E-state index contributed by atoms with van der Waals surface area (Å²) in [6.45, 7) is 0.0520. The zero-order chi connectivity index (χ0) is 9.26. The van der Waals surface area contributed by atoms with Gasteiger partial charge in [0.25, 0.3) is 0 Å². The maximum absolute atomic E-state index is 9.56. The highest BCUT2D eigenvalue weighted by Gasteiger charge is 2.14. The molecule has 0 radical (unpaired) electrons. The minimum atomic E-state index is 0.0520. The van der Waals surface area contributed by atoms with E-state index >= 15 is 0 Å². The first-order chi connectivity index (χ1) is 6.33. The van der Waals surface area contributed by atoms with Crippen LogP contribution in [0.2, 0.25) is 0 Å². The number of allylic oxidation sites excluding steroid dienone is 1. The molecule has 0 fully saturated rings. The molecule has 2 rings (SSSR count). The average molecular weight is 176 g/mol. The number of aromatic hydroxyl groups is 1. The molecule has 2 heteroatoms. The highest BCUT2D eigenvalue weighted by atomic mass is 16.3. The van der Waals surface area contributed by atoms with Crippen molar-refractivity contribution >= 4 is 5.57 Å². The number of hydrogen-bond donors (Lipinski definition) is 2. The maximum atomic E-state index is 9.56. The molecule has 1 aromatic rings. The monoisotopic (exact) mass is 176 g/mol. The second-order valence-corrected chi connectivity index (χ2v) is 3.23. The van der Waals surface area contributed by atoms with Gasteiger partial charge in [0.2, 0.25) is 0 Å². The average Bonchev–Trinajstić information content (AvgIpc) is 2.18. The van der Waals surface area contributed by atoms with Crippen LogP contribution < -0.4 is 0 Å². The van der Waals surface area contributed by atoms with Crippen molar-refractivity contribution in [3.8, 4) is 5.75 Å². The molecule has 0 aliphatic heterocycles. The minimum Gasteiger partial charge on any atom is -0.508 e. The minimum absolute atomic E-state index is 0.0520. The maximum Gasteiger partial charge on any atom is 0.119 e. The number of benzene rings is 1. The molecule has 0 unspecified atom stereocenters. The van der Waals surface area contributed by atoms with Gasteiger partial charge in [-0.3, -0.25) is 0 Å². The number of phenols is 1. The van der Waals surface area contributed by atoms with E-state index in [1.165, 1.54) is 0 Å². The summed E-state index contributed by atoms with van der Waals surface area (Å²) in [6.07, 6.45) is 3.80. The van der Waals surface area contributed by atoms with Crippen LogP contribution in [0.5, 0.6) is 5.75 Å². The Balaban J connectivity index is 2.55. The molecule has 1 aliphatic rings. The van der Waals surface area contributed by atoms with Gasteiger partial charge in [-0.25, -0.2) is 0 Å². The first-order valence-electron chi connectivity index (χ1n) is 4.44. The summed E-state index contributed by atoms with van der Waals surface area (Å²) >= 11 is 0. The molecule has 13 heavy (non-hydrogen) atoms. The summed E-state index contributed by atoms with van der Waals surface area (Å²) in [6, 6.07) is 5.44. The Labute approximate surface area is 77.1 Å². The number of aliphatic hydroxyl groups excluding tert-OH is 1. The van der Waals surface area contributed by atoms with Crippen molar-refractivity contribution in [1.29, 1.82) is 0 Å². The van der Waals surface area contributed by atoms with E-state index < -0.39 is 0 Å². The third kappa shape index (κ3) is 1.33. The zero-order valence-corrected chi connectivity index (χ0v) is 7.33. The number of rotatable bonds is 1. The van der Waals surface area contributed by atoms with Gasteiger partial charge < -0.3 is 10.2 Å². The molecule has 0 heterocycles. The predicted octanol–water partition coefficient (Wildman–Crippen LogP) is 1.71. The van der Waals surface area contributed by atoms with Crippen molar-refractivity contribution in [3.05, 3.63) is 35.4 Å². The SMILES string of the molecule is OCC1=CCCc2c(O)cccc21. The third-order valence-corrected chi connectivity index (χ3v) is 2.45. The fourth-order valence-electron chi connectivity index (χ4n) is 1.79. The molecule has 1 aliphatic carbocycles. The summed E-state index contributed by atoms with van der Waals surface area (Å²) in [7, 11) is 0. The van der Waals surface area contributed by atoms with Crippen LogP contribution in [0.4, 0.5) is 0 Å². The molecular formula is C11H12O2. The number of fused-ring (bicyclic) bond motifs is 1. The largest absolute Gasteiger partial charge is 0.508 e.